The van der Waals surface area contributed by atoms with Crippen molar-refractivity contribution in [1.29, 1.82) is 0 Å². The van der Waals surface area contributed by atoms with Gasteiger partial charge in [0.15, 0.2) is 0 Å². The highest BCUT2D eigenvalue weighted by Gasteiger charge is 2.14. The minimum atomic E-state index is -0.912. The second-order valence-electron chi connectivity index (χ2n) is 4.60. The molecule has 2 aromatic carbocycles. The third kappa shape index (κ3) is 3.56. The molecule has 3 nitrogen and oxygen atoms in total. The third-order valence-electron chi connectivity index (χ3n) is 3.17. The zero-order valence-electron chi connectivity index (χ0n) is 12.4. The Labute approximate surface area is 125 Å². The van der Waals surface area contributed by atoms with E-state index in [1.54, 1.807) is 20.3 Å². The lowest BCUT2D eigenvalue weighted by Gasteiger charge is -2.14. The van der Waals surface area contributed by atoms with Crippen molar-refractivity contribution in [2.75, 3.05) is 14.2 Å². The van der Waals surface area contributed by atoms with Gasteiger partial charge >= 0.3 is 0 Å². The van der Waals surface area contributed by atoms with Gasteiger partial charge < -0.3 is 14.6 Å². The van der Waals surface area contributed by atoms with Gasteiger partial charge in [0.25, 0.3) is 0 Å². The summed E-state index contributed by atoms with van der Waals surface area (Å²) in [7, 11) is 3.16. The first kappa shape index (κ1) is 15.0. The molecule has 0 bridgehead atoms. The van der Waals surface area contributed by atoms with Gasteiger partial charge in [0, 0.05) is 17.2 Å². The Balaban J connectivity index is 2.33. The summed E-state index contributed by atoms with van der Waals surface area (Å²) in [6, 6.07) is 13.1. The summed E-state index contributed by atoms with van der Waals surface area (Å²) in [6.45, 7) is 1.92. The number of rotatable bonds is 3. The Morgan fingerprint density at radius 2 is 1.67 bits per heavy atom. The van der Waals surface area contributed by atoms with Crippen LogP contribution in [-0.4, -0.2) is 19.3 Å². The van der Waals surface area contributed by atoms with Gasteiger partial charge in [-0.05, 0) is 30.7 Å². The molecular weight excluding hydrogens is 264 g/mol. The van der Waals surface area contributed by atoms with E-state index in [1.807, 2.05) is 43.3 Å². The maximum absolute atomic E-state index is 10.3. The standard InChI is InChI=1S/C18H18O3/c1-13-11-15(18(21-3)12-17(13)20-2)16(19)10-9-14-7-5-4-6-8-14/h4-8,11-12,16,19H,1-3H3. The van der Waals surface area contributed by atoms with Gasteiger partial charge in [-0.1, -0.05) is 30.0 Å². The zero-order chi connectivity index (χ0) is 15.2. The van der Waals surface area contributed by atoms with E-state index >= 15 is 0 Å². The van der Waals surface area contributed by atoms with Crippen LogP contribution in [0.5, 0.6) is 11.5 Å². The molecule has 0 saturated carbocycles. The minimum absolute atomic E-state index is 0.562. The summed E-state index contributed by atoms with van der Waals surface area (Å²) in [5.74, 6) is 7.08. The topological polar surface area (TPSA) is 38.7 Å². The van der Waals surface area contributed by atoms with Crippen molar-refractivity contribution in [2.45, 2.75) is 13.0 Å². The van der Waals surface area contributed by atoms with E-state index in [9.17, 15) is 5.11 Å². The summed E-state index contributed by atoms with van der Waals surface area (Å²) in [4.78, 5) is 0. The second-order valence-corrected chi connectivity index (χ2v) is 4.60. The van der Waals surface area contributed by atoms with Gasteiger partial charge in [-0.3, -0.25) is 0 Å². The number of benzene rings is 2. The third-order valence-corrected chi connectivity index (χ3v) is 3.17. The van der Waals surface area contributed by atoms with Gasteiger partial charge in [-0.15, -0.1) is 0 Å². The van der Waals surface area contributed by atoms with Crippen molar-refractivity contribution in [1.82, 2.24) is 0 Å². The molecule has 2 rings (SSSR count). The molecule has 1 atom stereocenters. The Bertz CT molecular complexity index is 666. The molecule has 0 aliphatic carbocycles. The van der Waals surface area contributed by atoms with Gasteiger partial charge in [0.1, 0.15) is 17.6 Å². The van der Waals surface area contributed by atoms with Gasteiger partial charge in [-0.2, -0.15) is 0 Å². The molecule has 0 amide bonds. The lowest BCUT2D eigenvalue weighted by molar-refractivity contribution is 0.232. The Morgan fingerprint density at radius 3 is 2.29 bits per heavy atom. The molecule has 0 saturated heterocycles. The minimum Gasteiger partial charge on any atom is -0.496 e. The molecule has 0 aromatic heterocycles. The molecule has 2 aromatic rings. The van der Waals surface area contributed by atoms with Crippen LogP contribution in [0.25, 0.3) is 0 Å². The normalized spacial score (nSPS) is 11.2. The predicted molar refractivity (Wildman–Crippen MR) is 82.6 cm³/mol. The van der Waals surface area contributed by atoms with E-state index in [0.717, 1.165) is 16.9 Å². The molecule has 1 N–H and O–H groups in total. The Kier molecular flexibility index (Phi) is 4.86. The summed E-state index contributed by atoms with van der Waals surface area (Å²) in [5, 5.41) is 10.3. The van der Waals surface area contributed by atoms with Crippen LogP contribution in [-0.2, 0) is 0 Å². The first-order chi connectivity index (χ1) is 10.2. The SMILES string of the molecule is COc1cc(OC)c(C(O)C#Cc2ccccc2)cc1C. The van der Waals surface area contributed by atoms with Crippen molar-refractivity contribution < 1.29 is 14.6 Å². The molecule has 21 heavy (non-hydrogen) atoms. The van der Waals surface area contributed by atoms with Crippen molar-refractivity contribution in [3.05, 3.63) is 59.2 Å². The zero-order valence-corrected chi connectivity index (χ0v) is 12.4. The van der Waals surface area contributed by atoms with Crippen LogP contribution in [0, 0.1) is 18.8 Å². The predicted octanol–water partition coefficient (Wildman–Crippen LogP) is 3.10. The van der Waals surface area contributed by atoms with E-state index in [-0.39, 0.29) is 0 Å². The highest BCUT2D eigenvalue weighted by molar-refractivity contribution is 5.49. The Morgan fingerprint density at radius 1 is 1.00 bits per heavy atom. The molecule has 1 unspecified atom stereocenters. The maximum atomic E-state index is 10.3. The Hall–Kier alpha value is -2.44. The number of aliphatic hydroxyl groups excluding tert-OH is 1. The van der Waals surface area contributed by atoms with Crippen LogP contribution in [0.2, 0.25) is 0 Å². The fraction of sp³-hybridized carbons (Fsp3) is 0.222. The second kappa shape index (κ2) is 6.83. The fourth-order valence-electron chi connectivity index (χ4n) is 2.05. The van der Waals surface area contributed by atoms with E-state index in [4.69, 9.17) is 9.47 Å². The molecule has 0 aliphatic heterocycles. The van der Waals surface area contributed by atoms with Crippen molar-refractivity contribution in [2.24, 2.45) is 0 Å². The van der Waals surface area contributed by atoms with Gasteiger partial charge in [0.05, 0.1) is 14.2 Å². The molecule has 108 valence electrons. The number of hydrogen-bond acceptors (Lipinski definition) is 3. The maximum Gasteiger partial charge on any atom is 0.144 e. The molecule has 3 heteroatoms. The number of aryl methyl sites for hydroxylation is 1. The lowest BCUT2D eigenvalue weighted by atomic mass is 10.0. The van der Waals surface area contributed by atoms with Crippen LogP contribution in [0.1, 0.15) is 22.8 Å². The smallest absolute Gasteiger partial charge is 0.144 e. The summed E-state index contributed by atoms with van der Waals surface area (Å²) in [5.41, 5.74) is 2.42. The van der Waals surface area contributed by atoms with Crippen molar-refractivity contribution >= 4 is 0 Å². The molecule has 0 radical (unpaired) electrons. The molecule has 0 fully saturated rings. The van der Waals surface area contributed by atoms with Gasteiger partial charge in [-0.25, -0.2) is 0 Å². The average molecular weight is 282 g/mol. The summed E-state index contributed by atoms with van der Waals surface area (Å²) in [6.07, 6.45) is -0.912. The average Bonchev–Trinajstić information content (AvgIpc) is 2.53. The highest BCUT2D eigenvalue weighted by atomic mass is 16.5. The number of aliphatic hydroxyl groups is 1. The fourth-order valence-corrected chi connectivity index (χ4v) is 2.05. The van der Waals surface area contributed by atoms with Crippen LogP contribution in [0.3, 0.4) is 0 Å². The van der Waals surface area contributed by atoms with E-state index < -0.39 is 6.10 Å². The van der Waals surface area contributed by atoms with Gasteiger partial charge in [0.2, 0.25) is 0 Å². The first-order valence-electron chi connectivity index (χ1n) is 6.63. The summed E-state index contributed by atoms with van der Waals surface area (Å²) >= 11 is 0. The van der Waals surface area contributed by atoms with Crippen LogP contribution >= 0.6 is 0 Å². The number of hydrogen-bond donors (Lipinski definition) is 1. The molecule has 0 aliphatic rings. The van der Waals surface area contributed by atoms with Crippen molar-refractivity contribution in [3.63, 3.8) is 0 Å². The molecular formula is C18H18O3. The highest BCUT2D eigenvalue weighted by Crippen LogP contribution is 2.32. The van der Waals surface area contributed by atoms with Crippen LogP contribution < -0.4 is 9.47 Å². The molecule has 0 spiro atoms. The van der Waals surface area contributed by atoms with Crippen molar-refractivity contribution in [3.8, 4) is 23.3 Å². The lowest BCUT2D eigenvalue weighted by Crippen LogP contribution is -2.00. The first-order valence-corrected chi connectivity index (χ1v) is 6.63. The van der Waals surface area contributed by atoms with Crippen LogP contribution in [0.4, 0.5) is 0 Å². The number of ether oxygens (including phenoxy) is 2. The monoisotopic (exact) mass is 282 g/mol. The number of methoxy groups -OCH3 is 2. The molecule has 0 heterocycles. The van der Waals surface area contributed by atoms with E-state index in [1.165, 1.54) is 0 Å². The quantitative estimate of drug-likeness (QED) is 0.879. The van der Waals surface area contributed by atoms with Crippen LogP contribution in [0.15, 0.2) is 42.5 Å². The van der Waals surface area contributed by atoms with E-state index in [0.29, 0.717) is 11.3 Å². The van der Waals surface area contributed by atoms with E-state index in [2.05, 4.69) is 11.8 Å². The summed E-state index contributed by atoms with van der Waals surface area (Å²) < 4.78 is 10.6. The largest absolute Gasteiger partial charge is 0.496 e.